The average Bonchev–Trinajstić information content (AvgIpc) is 2.93. The molecule has 1 N–H and O–H groups in total. The molecule has 1 saturated heterocycles. The number of hydrogen-bond acceptors (Lipinski definition) is 7. The van der Waals surface area contributed by atoms with Gasteiger partial charge in [-0.1, -0.05) is 31.4 Å². The van der Waals surface area contributed by atoms with E-state index in [1.54, 1.807) is 12.1 Å². The second kappa shape index (κ2) is 12.9. The number of fused-ring (bicyclic) bond motifs is 1. The van der Waals surface area contributed by atoms with Gasteiger partial charge in [-0.05, 0) is 30.7 Å². The van der Waals surface area contributed by atoms with Crippen molar-refractivity contribution in [3.63, 3.8) is 0 Å². The third-order valence-electron chi connectivity index (χ3n) is 6.77. The van der Waals surface area contributed by atoms with Crippen LogP contribution in [-0.2, 0) is 10.9 Å². The van der Waals surface area contributed by atoms with Gasteiger partial charge in [0, 0.05) is 56.6 Å². The maximum atomic E-state index is 13.4. The Hall–Kier alpha value is -3.02. The van der Waals surface area contributed by atoms with Crippen LogP contribution in [0.3, 0.4) is 0 Å². The molecule has 0 radical (unpaired) electrons. The van der Waals surface area contributed by atoms with Crippen LogP contribution in [0.5, 0.6) is 0 Å². The summed E-state index contributed by atoms with van der Waals surface area (Å²) < 4.78 is 44.4. The maximum Gasteiger partial charge on any atom is 0.451 e. The first kappa shape index (κ1) is 29.0. The molecule has 0 saturated carbocycles. The Morgan fingerprint density at radius 1 is 1.15 bits per heavy atom. The number of ether oxygens (including phenoxy) is 1. The molecule has 0 spiro atoms. The third kappa shape index (κ3) is 7.14. The van der Waals surface area contributed by atoms with Crippen LogP contribution < -0.4 is 10.2 Å². The molecule has 2 aromatic heterocycles. The zero-order valence-corrected chi connectivity index (χ0v) is 22.7. The molecular formula is C27H32ClF3N6O2. The number of amides is 1. The number of benzene rings is 1. The van der Waals surface area contributed by atoms with E-state index in [2.05, 4.69) is 27.1 Å². The minimum atomic E-state index is -4.63. The predicted octanol–water partition coefficient (Wildman–Crippen LogP) is 5.13. The minimum Gasteiger partial charge on any atom is -0.379 e. The second-order valence-electron chi connectivity index (χ2n) is 9.50. The topological polar surface area (TPSA) is 83.5 Å². The fraction of sp³-hybridized carbons (Fsp3) is 0.481. The summed E-state index contributed by atoms with van der Waals surface area (Å²) in [6, 6.07) is 6.70. The number of alkyl halides is 3. The average molecular weight is 565 g/mol. The Bertz CT molecular complexity index is 1270. The summed E-state index contributed by atoms with van der Waals surface area (Å²) in [5.74, 6) is -0.800. The Kier molecular flexibility index (Phi) is 9.58. The summed E-state index contributed by atoms with van der Waals surface area (Å²) in [6.45, 7) is 5.20. The van der Waals surface area contributed by atoms with Gasteiger partial charge in [-0.25, -0.2) is 15.0 Å². The first-order valence-corrected chi connectivity index (χ1v) is 13.4. The van der Waals surface area contributed by atoms with E-state index in [0.29, 0.717) is 48.3 Å². The summed E-state index contributed by atoms with van der Waals surface area (Å²) in [6.07, 6.45) is 1.03. The minimum absolute atomic E-state index is 0.117. The summed E-state index contributed by atoms with van der Waals surface area (Å²) in [5, 5.41) is 3.82. The van der Waals surface area contributed by atoms with Crippen LogP contribution in [0.2, 0.25) is 5.02 Å². The number of anilines is 1. The van der Waals surface area contributed by atoms with Crippen LogP contribution in [0.25, 0.3) is 10.9 Å². The first-order valence-electron chi connectivity index (χ1n) is 13.0. The highest BCUT2D eigenvalue weighted by Crippen LogP contribution is 2.29. The van der Waals surface area contributed by atoms with E-state index in [0.717, 1.165) is 44.0 Å². The normalized spacial score (nSPS) is 15.3. The van der Waals surface area contributed by atoms with Crippen molar-refractivity contribution in [1.82, 2.24) is 25.2 Å². The zero-order valence-electron chi connectivity index (χ0n) is 22.0. The molecule has 39 heavy (non-hydrogen) atoms. The molecule has 1 amide bonds. The molecule has 12 heteroatoms. The fourth-order valence-electron chi connectivity index (χ4n) is 4.60. The van der Waals surface area contributed by atoms with Gasteiger partial charge in [-0.3, -0.25) is 9.69 Å². The van der Waals surface area contributed by atoms with Gasteiger partial charge in [0.2, 0.25) is 5.82 Å². The van der Waals surface area contributed by atoms with E-state index in [-0.39, 0.29) is 11.6 Å². The van der Waals surface area contributed by atoms with E-state index in [9.17, 15) is 18.0 Å². The van der Waals surface area contributed by atoms with E-state index >= 15 is 0 Å². The summed E-state index contributed by atoms with van der Waals surface area (Å²) in [7, 11) is 1.99. The molecule has 1 atom stereocenters. The monoisotopic (exact) mass is 564 g/mol. The summed E-state index contributed by atoms with van der Waals surface area (Å²) >= 11 is 6.47. The lowest BCUT2D eigenvalue weighted by molar-refractivity contribution is -0.145. The molecule has 0 bridgehead atoms. The predicted molar refractivity (Wildman–Crippen MR) is 144 cm³/mol. The van der Waals surface area contributed by atoms with Gasteiger partial charge in [0.05, 0.1) is 35.4 Å². The first-order chi connectivity index (χ1) is 18.7. The van der Waals surface area contributed by atoms with Crippen LogP contribution in [0.15, 0.2) is 36.7 Å². The highest BCUT2D eigenvalue weighted by atomic mass is 35.5. The Morgan fingerprint density at radius 3 is 2.54 bits per heavy atom. The standard InChI is InChI=1S/C27H32ClF3N6O2/c1-3-4-5-10-36(2)23-9-6-19-21(35-23)8-7-20(28)24(19)25(38)32-17-22(37-11-13-39-14-12-37)18-15-33-26(34-16-18)27(29,30)31/h6-9,15-16,22H,3-5,10-14,17H2,1-2H3,(H,32,38). The van der Waals surface area contributed by atoms with Gasteiger partial charge >= 0.3 is 6.18 Å². The van der Waals surface area contributed by atoms with E-state index in [1.165, 1.54) is 0 Å². The van der Waals surface area contributed by atoms with Crippen molar-refractivity contribution < 1.29 is 22.7 Å². The number of rotatable bonds is 10. The van der Waals surface area contributed by atoms with Crippen LogP contribution in [0, 0.1) is 0 Å². The maximum absolute atomic E-state index is 13.4. The van der Waals surface area contributed by atoms with Crippen molar-refractivity contribution in [2.24, 2.45) is 0 Å². The molecule has 1 unspecified atom stereocenters. The van der Waals surface area contributed by atoms with Crippen molar-refractivity contribution in [3.05, 3.63) is 58.6 Å². The van der Waals surface area contributed by atoms with Crippen LogP contribution >= 0.6 is 11.6 Å². The number of carbonyl (C=O) groups is 1. The fourth-order valence-corrected chi connectivity index (χ4v) is 4.86. The Labute approximate surface area is 230 Å². The number of morpholine rings is 1. The van der Waals surface area contributed by atoms with Crippen LogP contribution in [0.4, 0.5) is 19.0 Å². The van der Waals surface area contributed by atoms with Gasteiger partial charge in [0.25, 0.3) is 5.91 Å². The van der Waals surface area contributed by atoms with E-state index in [1.807, 2.05) is 24.1 Å². The second-order valence-corrected chi connectivity index (χ2v) is 9.91. The lowest BCUT2D eigenvalue weighted by Crippen LogP contribution is -2.44. The highest BCUT2D eigenvalue weighted by Gasteiger charge is 2.35. The van der Waals surface area contributed by atoms with Crippen molar-refractivity contribution in [1.29, 1.82) is 0 Å². The van der Waals surface area contributed by atoms with Crippen LogP contribution in [-0.4, -0.2) is 72.2 Å². The van der Waals surface area contributed by atoms with Crippen molar-refractivity contribution in [2.45, 2.75) is 38.4 Å². The summed E-state index contributed by atoms with van der Waals surface area (Å²) in [5.41, 5.74) is 1.41. The number of unbranched alkanes of at least 4 members (excludes halogenated alkanes) is 2. The van der Waals surface area contributed by atoms with Crippen molar-refractivity contribution in [2.75, 3.05) is 51.3 Å². The lowest BCUT2D eigenvalue weighted by atomic mass is 10.1. The lowest BCUT2D eigenvalue weighted by Gasteiger charge is -2.34. The molecular weight excluding hydrogens is 533 g/mol. The Morgan fingerprint density at radius 2 is 1.87 bits per heavy atom. The molecule has 1 fully saturated rings. The SMILES string of the molecule is CCCCCN(C)c1ccc2c(C(=O)NCC(c3cnc(C(F)(F)F)nc3)N3CCOCC3)c(Cl)ccc2n1. The molecule has 4 rings (SSSR count). The number of aromatic nitrogens is 3. The van der Waals surface area contributed by atoms with Crippen molar-refractivity contribution in [3.8, 4) is 0 Å². The van der Waals surface area contributed by atoms with Crippen LogP contribution in [0.1, 0.15) is 54.0 Å². The van der Waals surface area contributed by atoms with E-state index < -0.39 is 23.9 Å². The molecule has 210 valence electrons. The number of pyridine rings is 1. The molecule has 8 nitrogen and oxygen atoms in total. The highest BCUT2D eigenvalue weighted by molar-refractivity contribution is 6.35. The molecule has 3 heterocycles. The number of hydrogen-bond donors (Lipinski definition) is 1. The molecule has 0 aliphatic carbocycles. The number of nitrogens with zero attached hydrogens (tertiary/aromatic N) is 5. The van der Waals surface area contributed by atoms with Gasteiger partial charge < -0.3 is 15.0 Å². The summed E-state index contributed by atoms with van der Waals surface area (Å²) in [4.78, 5) is 29.3. The Balaban J connectivity index is 1.55. The van der Waals surface area contributed by atoms with Gasteiger partial charge in [-0.15, -0.1) is 0 Å². The molecule has 1 aliphatic rings. The quantitative estimate of drug-likeness (QED) is 0.342. The van der Waals surface area contributed by atoms with Crippen molar-refractivity contribution >= 4 is 34.2 Å². The van der Waals surface area contributed by atoms with Gasteiger partial charge in [-0.2, -0.15) is 13.2 Å². The molecule has 1 aromatic carbocycles. The largest absolute Gasteiger partial charge is 0.451 e. The number of nitrogens with one attached hydrogen (secondary N) is 1. The smallest absolute Gasteiger partial charge is 0.379 e. The third-order valence-corrected chi connectivity index (χ3v) is 7.09. The van der Waals surface area contributed by atoms with E-state index in [4.69, 9.17) is 21.3 Å². The van der Waals surface area contributed by atoms with Gasteiger partial charge in [0.1, 0.15) is 5.82 Å². The molecule has 1 aliphatic heterocycles. The number of carbonyl (C=O) groups excluding carboxylic acids is 1. The number of halogens is 4. The van der Waals surface area contributed by atoms with Gasteiger partial charge in [0.15, 0.2) is 0 Å². The molecule has 3 aromatic rings. The zero-order chi connectivity index (χ0) is 28.0.